The third-order valence-corrected chi connectivity index (χ3v) is 4.68. The van der Waals surface area contributed by atoms with Gasteiger partial charge >= 0.3 is 0 Å². The van der Waals surface area contributed by atoms with Gasteiger partial charge in [0.2, 0.25) is 5.91 Å². The maximum Gasteiger partial charge on any atom is 0.222 e. The molecule has 1 amide bonds. The quantitative estimate of drug-likeness (QED) is 0.628. The average molecular weight is 383 g/mol. The molecule has 3 rings (SSSR count). The number of hydrogen-bond donors (Lipinski definition) is 1. The second-order valence-electron chi connectivity index (χ2n) is 6.81. The van der Waals surface area contributed by atoms with E-state index in [-0.39, 0.29) is 12.3 Å². The Kier molecular flexibility index (Phi) is 6.53. The lowest BCUT2D eigenvalue weighted by atomic mass is 10.1. The Morgan fingerprint density at radius 3 is 2.57 bits per heavy atom. The van der Waals surface area contributed by atoms with Crippen molar-refractivity contribution in [1.82, 2.24) is 15.1 Å². The van der Waals surface area contributed by atoms with Crippen molar-refractivity contribution in [3.05, 3.63) is 77.5 Å². The first-order valence-corrected chi connectivity index (χ1v) is 9.30. The summed E-state index contributed by atoms with van der Waals surface area (Å²) in [5.41, 5.74) is 3.62. The Bertz CT molecular complexity index is 925. The molecule has 0 aliphatic carbocycles. The fraction of sp³-hybridized carbons (Fsp3) is 0.273. The van der Waals surface area contributed by atoms with Gasteiger partial charge in [0.25, 0.3) is 0 Å². The summed E-state index contributed by atoms with van der Waals surface area (Å²) in [4.78, 5) is 13.9. The average Bonchev–Trinajstić information content (AvgIpc) is 3.18. The van der Waals surface area contributed by atoms with E-state index in [0.29, 0.717) is 18.5 Å². The number of benzene rings is 2. The molecule has 0 spiro atoms. The van der Waals surface area contributed by atoms with E-state index < -0.39 is 11.6 Å². The van der Waals surface area contributed by atoms with E-state index in [1.54, 1.807) is 11.9 Å². The SMILES string of the molecule is CN(CCCc1cc(-c2ccccc2)n[nH]1)C(=O)CCc1ccc(F)c(F)c1. The summed E-state index contributed by atoms with van der Waals surface area (Å²) in [6.45, 7) is 0.621. The third kappa shape index (κ3) is 5.25. The molecule has 0 aliphatic heterocycles. The maximum absolute atomic E-state index is 13.2. The monoisotopic (exact) mass is 383 g/mol. The normalized spacial score (nSPS) is 10.8. The van der Waals surface area contributed by atoms with E-state index in [1.165, 1.54) is 6.07 Å². The Labute approximate surface area is 163 Å². The van der Waals surface area contributed by atoms with Crippen molar-refractivity contribution < 1.29 is 13.6 Å². The minimum atomic E-state index is -0.882. The van der Waals surface area contributed by atoms with Crippen molar-refractivity contribution in [3.63, 3.8) is 0 Å². The molecule has 0 aliphatic rings. The highest BCUT2D eigenvalue weighted by Gasteiger charge is 2.11. The van der Waals surface area contributed by atoms with Crippen molar-refractivity contribution in [2.24, 2.45) is 0 Å². The minimum absolute atomic E-state index is 0.0145. The van der Waals surface area contributed by atoms with Gasteiger partial charge < -0.3 is 4.90 Å². The lowest BCUT2D eigenvalue weighted by Gasteiger charge is -2.17. The molecule has 1 heterocycles. The van der Waals surface area contributed by atoms with Crippen LogP contribution < -0.4 is 0 Å². The number of H-pyrrole nitrogens is 1. The van der Waals surface area contributed by atoms with E-state index in [1.807, 2.05) is 36.4 Å². The van der Waals surface area contributed by atoms with E-state index in [2.05, 4.69) is 10.2 Å². The van der Waals surface area contributed by atoms with E-state index in [0.717, 1.165) is 41.9 Å². The van der Waals surface area contributed by atoms with E-state index in [9.17, 15) is 13.6 Å². The molecule has 1 N–H and O–H groups in total. The number of aryl methyl sites for hydroxylation is 2. The molecule has 0 saturated heterocycles. The summed E-state index contributed by atoms with van der Waals surface area (Å²) in [5, 5.41) is 7.38. The highest BCUT2D eigenvalue weighted by molar-refractivity contribution is 5.76. The molecule has 2 aromatic carbocycles. The van der Waals surface area contributed by atoms with Crippen molar-refractivity contribution in [2.45, 2.75) is 25.7 Å². The first-order chi connectivity index (χ1) is 13.5. The Morgan fingerprint density at radius 2 is 1.82 bits per heavy atom. The Balaban J connectivity index is 1.42. The van der Waals surface area contributed by atoms with Gasteiger partial charge in [-0.3, -0.25) is 9.89 Å². The van der Waals surface area contributed by atoms with Crippen molar-refractivity contribution >= 4 is 5.91 Å². The van der Waals surface area contributed by atoms with Crippen LogP contribution >= 0.6 is 0 Å². The lowest BCUT2D eigenvalue weighted by Crippen LogP contribution is -2.28. The van der Waals surface area contributed by atoms with Crippen LogP contribution in [0.3, 0.4) is 0 Å². The topological polar surface area (TPSA) is 49.0 Å². The van der Waals surface area contributed by atoms with Gasteiger partial charge in [0.05, 0.1) is 5.69 Å². The first-order valence-electron chi connectivity index (χ1n) is 9.30. The van der Waals surface area contributed by atoms with Crippen LogP contribution in [0.1, 0.15) is 24.1 Å². The third-order valence-electron chi connectivity index (χ3n) is 4.68. The Morgan fingerprint density at radius 1 is 1.04 bits per heavy atom. The van der Waals surface area contributed by atoms with Crippen LogP contribution in [0.5, 0.6) is 0 Å². The zero-order valence-corrected chi connectivity index (χ0v) is 15.8. The highest BCUT2D eigenvalue weighted by Crippen LogP contribution is 2.17. The number of aromatic nitrogens is 2. The van der Waals surface area contributed by atoms with Gasteiger partial charge in [-0.05, 0) is 43.0 Å². The Hall–Kier alpha value is -3.02. The fourth-order valence-corrected chi connectivity index (χ4v) is 3.02. The van der Waals surface area contributed by atoms with Crippen LogP contribution in [0, 0.1) is 11.6 Å². The predicted molar refractivity (Wildman–Crippen MR) is 105 cm³/mol. The molecule has 146 valence electrons. The van der Waals surface area contributed by atoms with Gasteiger partial charge in [0.15, 0.2) is 11.6 Å². The predicted octanol–water partition coefficient (Wildman–Crippen LogP) is 4.38. The summed E-state index contributed by atoms with van der Waals surface area (Å²) < 4.78 is 26.2. The number of nitrogens with one attached hydrogen (secondary N) is 1. The van der Waals surface area contributed by atoms with Gasteiger partial charge in [-0.25, -0.2) is 8.78 Å². The molecular weight excluding hydrogens is 360 g/mol. The first kappa shape index (κ1) is 19.7. The van der Waals surface area contributed by atoms with Gasteiger partial charge in [0, 0.05) is 31.3 Å². The minimum Gasteiger partial charge on any atom is -0.346 e. The molecule has 0 radical (unpaired) electrons. The number of aromatic amines is 1. The smallest absolute Gasteiger partial charge is 0.222 e. The number of rotatable bonds is 8. The van der Waals surface area contributed by atoms with Gasteiger partial charge in [-0.15, -0.1) is 0 Å². The zero-order valence-electron chi connectivity index (χ0n) is 15.8. The number of halogens is 2. The molecule has 1 aromatic heterocycles. The van der Waals surface area contributed by atoms with Crippen LogP contribution in [0.15, 0.2) is 54.6 Å². The maximum atomic E-state index is 13.2. The molecule has 3 aromatic rings. The fourth-order valence-electron chi connectivity index (χ4n) is 3.02. The number of nitrogens with zero attached hydrogens (tertiary/aromatic N) is 2. The summed E-state index contributed by atoms with van der Waals surface area (Å²) in [6, 6.07) is 15.7. The molecule has 0 bridgehead atoms. The highest BCUT2D eigenvalue weighted by atomic mass is 19.2. The lowest BCUT2D eigenvalue weighted by molar-refractivity contribution is -0.129. The molecule has 4 nitrogen and oxygen atoms in total. The second kappa shape index (κ2) is 9.26. The van der Waals surface area contributed by atoms with Gasteiger partial charge in [0.1, 0.15) is 0 Å². The molecule has 0 unspecified atom stereocenters. The largest absolute Gasteiger partial charge is 0.346 e. The van der Waals surface area contributed by atoms with Gasteiger partial charge in [-0.2, -0.15) is 5.10 Å². The van der Waals surface area contributed by atoms with Gasteiger partial charge in [-0.1, -0.05) is 36.4 Å². The molecule has 0 fully saturated rings. The van der Waals surface area contributed by atoms with Crippen molar-refractivity contribution in [3.8, 4) is 11.3 Å². The summed E-state index contributed by atoms with van der Waals surface area (Å²) in [6.07, 6.45) is 2.26. The van der Waals surface area contributed by atoms with Crippen molar-refractivity contribution in [1.29, 1.82) is 0 Å². The molecule has 28 heavy (non-hydrogen) atoms. The van der Waals surface area contributed by atoms with Crippen LogP contribution in [-0.4, -0.2) is 34.6 Å². The standard InChI is InChI=1S/C22H23F2N3O/c1-27(22(28)12-10-16-9-11-19(23)20(24)14-16)13-5-8-18-15-21(26-25-18)17-6-3-2-4-7-17/h2-4,6-7,9,11,14-15H,5,8,10,12-13H2,1H3,(H,25,26). The zero-order chi connectivity index (χ0) is 19.9. The molecule has 0 saturated carbocycles. The van der Waals surface area contributed by atoms with Crippen LogP contribution in [-0.2, 0) is 17.6 Å². The molecule has 0 atom stereocenters. The summed E-state index contributed by atoms with van der Waals surface area (Å²) in [5.74, 6) is -1.77. The van der Waals surface area contributed by atoms with Crippen molar-refractivity contribution in [2.75, 3.05) is 13.6 Å². The number of amides is 1. The molecular formula is C22H23F2N3O. The molecule has 6 heteroatoms. The van der Waals surface area contributed by atoms with E-state index >= 15 is 0 Å². The van der Waals surface area contributed by atoms with Crippen LogP contribution in [0.25, 0.3) is 11.3 Å². The second-order valence-corrected chi connectivity index (χ2v) is 6.81. The number of carbonyl (C=O) groups excluding carboxylic acids is 1. The van der Waals surface area contributed by atoms with Crippen LogP contribution in [0.4, 0.5) is 8.78 Å². The summed E-state index contributed by atoms with van der Waals surface area (Å²) in [7, 11) is 1.76. The van der Waals surface area contributed by atoms with E-state index in [4.69, 9.17) is 0 Å². The summed E-state index contributed by atoms with van der Waals surface area (Å²) >= 11 is 0. The number of carbonyl (C=O) groups is 1. The number of hydrogen-bond acceptors (Lipinski definition) is 2. The van der Waals surface area contributed by atoms with Crippen LogP contribution in [0.2, 0.25) is 0 Å².